The third kappa shape index (κ3) is 1.48. The van der Waals surface area contributed by atoms with Gasteiger partial charge in [-0.1, -0.05) is 12.2 Å². The van der Waals surface area contributed by atoms with Crippen LogP contribution in [0.5, 0.6) is 0 Å². The van der Waals surface area contributed by atoms with Crippen LogP contribution in [0.15, 0.2) is 18.5 Å². The first-order chi connectivity index (χ1) is 8.93. The largest absolute Gasteiger partial charge is 0.352 e. The molecule has 2 aromatic rings. The highest BCUT2D eigenvalue weighted by molar-refractivity contribution is 7.19. The molecule has 0 radical (unpaired) electrons. The molecule has 0 N–H and O–H groups in total. The second-order valence-electron chi connectivity index (χ2n) is 4.94. The van der Waals surface area contributed by atoms with E-state index in [1.165, 1.54) is 35.0 Å². The molecular formula is C14H15N3S. The number of anilines is 1. The third-order valence-corrected chi connectivity index (χ3v) is 5.04. The monoisotopic (exact) mass is 257 g/mol. The number of rotatable bonds is 1. The molecule has 0 fully saturated rings. The topological polar surface area (TPSA) is 29.0 Å². The molecule has 2 aromatic heterocycles. The molecule has 4 heteroatoms. The quantitative estimate of drug-likeness (QED) is 0.735. The van der Waals surface area contributed by atoms with Crippen molar-refractivity contribution in [2.75, 3.05) is 18.0 Å². The molecule has 0 amide bonds. The van der Waals surface area contributed by atoms with Crippen molar-refractivity contribution in [2.24, 2.45) is 0 Å². The molecule has 0 bridgehead atoms. The average molecular weight is 257 g/mol. The molecule has 0 atom stereocenters. The zero-order chi connectivity index (χ0) is 11.9. The van der Waals surface area contributed by atoms with Crippen molar-refractivity contribution in [3.8, 4) is 0 Å². The maximum absolute atomic E-state index is 4.57. The summed E-state index contributed by atoms with van der Waals surface area (Å²) in [5.41, 5.74) is 1.53. The van der Waals surface area contributed by atoms with Crippen LogP contribution in [-0.4, -0.2) is 23.1 Å². The van der Waals surface area contributed by atoms with Gasteiger partial charge in [0, 0.05) is 18.0 Å². The van der Waals surface area contributed by atoms with Crippen LogP contribution in [-0.2, 0) is 12.8 Å². The minimum absolute atomic E-state index is 0.983. The zero-order valence-electron chi connectivity index (χ0n) is 10.2. The molecular weight excluding hydrogens is 242 g/mol. The standard InChI is InChI=1S/C14H15N3S/c1-2-7-17(8-3-1)13-12-10-5-4-6-11(10)18-14(12)16-9-15-13/h1-2,9H,3-8H2. The van der Waals surface area contributed by atoms with Gasteiger partial charge in [-0.25, -0.2) is 9.97 Å². The van der Waals surface area contributed by atoms with Gasteiger partial charge in [-0.15, -0.1) is 11.3 Å². The van der Waals surface area contributed by atoms with E-state index in [0.717, 1.165) is 25.3 Å². The normalized spacial score (nSPS) is 18.6. The Balaban J connectivity index is 1.91. The Bertz CT molecular complexity index is 629. The third-order valence-electron chi connectivity index (χ3n) is 3.84. The summed E-state index contributed by atoms with van der Waals surface area (Å²) >= 11 is 1.87. The maximum atomic E-state index is 4.57. The number of aromatic nitrogens is 2. The first-order valence-corrected chi connectivity index (χ1v) is 7.40. The van der Waals surface area contributed by atoms with E-state index < -0.39 is 0 Å². The summed E-state index contributed by atoms with van der Waals surface area (Å²) in [5.74, 6) is 1.16. The number of nitrogens with zero attached hydrogens (tertiary/aromatic N) is 3. The predicted molar refractivity (Wildman–Crippen MR) is 75.4 cm³/mol. The van der Waals surface area contributed by atoms with Gasteiger partial charge in [0.05, 0.1) is 5.39 Å². The fourth-order valence-corrected chi connectivity index (χ4v) is 4.21. The number of aryl methyl sites for hydroxylation is 2. The van der Waals surface area contributed by atoms with Crippen molar-refractivity contribution in [2.45, 2.75) is 25.7 Å². The Labute approximate surface area is 110 Å². The number of fused-ring (bicyclic) bond motifs is 3. The van der Waals surface area contributed by atoms with Gasteiger partial charge in [0.1, 0.15) is 17.0 Å². The zero-order valence-corrected chi connectivity index (χ0v) is 11.0. The summed E-state index contributed by atoms with van der Waals surface area (Å²) in [6.45, 7) is 2.06. The molecule has 3 heterocycles. The fraction of sp³-hybridized carbons (Fsp3) is 0.429. The van der Waals surface area contributed by atoms with E-state index >= 15 is 0 Å². The summed E-state index contributed by atoms with van der Waals surface area (Å²) < 4.78 is 0. The highest BCUT2D eigenvalue weighted by atomic mass is 32.1. The summed E-state index contributed by atoms with van der Waals surface area (Å²) in [6, 6.07) is 0. The summed E-state index contributed by atoms with van der Waals surface area (Å²) in [6.07, 6.45) is 11.1. The Kier molecular flexibility index (Phi) is 2.36. The van der Waals surface area contributed by atoms with Crippen LogP contribution in [0.25, 0.3) is 10.2 Å². The molecule has 0 saturated heterocycles. The minimum Gasteiger partial charge on any atom is -0.352 e. The average Bonchev–Trinajstić information content (AvgIpc) is 2.99. The van der Waals surface area contributed by atoms with Crippen LogP contribution >= 0.6 is 11.3 Å². The molecule has 0 unspecified atom stereocenters. The molecule has 0 saturated carbocycles. The lowest BCUT2D eigenvalue weighted by molar-refractivity contribution is 0.807. The van der Waals surface area contributed by atoms with Crippen molar-refractivity contribution in [3.05, 3.63) is 28.9 Å². The van der Waals surface area contributed by atoms with Crippen LogP contribution < -0.4 is 4.90 Å². The van der Waals surface area contributed by atoms with E-state index in [2.05, 4.69) is 27.0 Å². The van der Waals surface area contributed by atoms with Crippen LogP contribution in [0.4, 0.5) is 5.82 Å². The van der Waals surface area contributed by atoms with E-state index in [1.54, 1.807) is 11.2 Å². The number of hydrogen-bond acceptors (Lipinski definition) is 4. The van der Waals surface area contributed by atoms with E-state index in [9.17, 15) is 0 Å². The molecule has 92 valence electrons. The first-order valence-electron chi connectivity index (χ1n) is 6.58. The maximum Gasteiger partial charge on any atom is 0.141 e. The molecule has 0 spiro atoms. The van der Waals surface area contributed by atoms with Crippen LogP contribution in [0, 0.1) is 0 Å². The molecule has 3 nitrogen and oxygen atoms in total. The number of hydrogen-bond donors (Lipinski definition) is 0. The van der Waals surface area contributed by atoms with Gasteiger partial charge in [0.25, 0.3) is 0 Å². The Hall–Kier alpha value is -1.42. The van der Waals surface area contributed by atoms with Gasteiger partial charge >= 0.3 is 0 Å². The van der Waals surface area contributed by atoms with Crippen LogP contribution in [0.3, 0.4) is 0 Å². The smallest absolute Gasteiger partial charge is 0.141 e. The van der Waals surface area contributed by atoms with Gasteiger partial charge in [-0.2, -0.15) is 0 Å². The molecule has 18 heavy (non-hydrogen) atoms. The van der Waals surface area contributed by atoms with Crippen molar-refractivity contribution in [3.63, 3.8) is 0 Å². The van der Waals surface area contributed by atoms with Crippen molar-refractivity contribution in [1.82, 2.24) is 9.97 Å². The number of thiophene rings is 1. The Morgan fingerprint density at radius 2 is 2.17 bits per heavy atom. The van der Waals surface area contributed by atoms with E-state index in [-0.39, 0.29) is 0 Å². The SMILES string of the molecule is C1=CCN(c2ncnc3sc4c(c23)CCC4)CC1. The van der Waals surface area contributed by atoms with Gasteiger partial charge in [0.15, 0.2) is 0 Å². The van der Waals surface area contributed by atoms with Crippen molar-refractivity contribution < 1.29 is 0 Å². The Morgan fingerprint density at radius 3 is 3.06 bits per heavy atom. The first kappa shape index (κ1) is 10.5. The second-order valence-corrected chi connectivity index (χ2v) is 6.02. The predicted octanol–water partition coefficient (Wildman–Crippen LogP) is 2.95. The van der Waals surface area contributed by atoms with Crippen LogP contribution in [0.1, 0.15) is 23.3 Å². The van der Waals surface area contributed by atoms with Gasteiger partial charge in [0.2, 0.25) is 0 Å². The van der Waals surface area contributed by atoms with E-state index in [0.29, 0.717) is 0 Å². The van der Waals surface area contributed by atoms with Gasteiger partial charge in [-0.3, -0.25) is 0 Å². The minimum atomic E-state index is 0.983. The molecule has 1 aliphatic heterocycles. The second kappa shape index (κ2) is 4.05. The highest BCUT2D eigenvalue weighted by Crippen LogP contribution is 2.40. The summed E-state index contributed by atoms with van der Waals surface area (Å²) in [4.78, 5) is 14.1. The summed E-state index contributed by atoms with van der Waals surface area (Å²) in [7, 11) is 0. The molecule has 1 aliphatic carbocycles. The molecule has 2 aliphatic rings. The summed E-state index contributed by atoms with van der Waals surface area (Å²) in [5, 5.41) is 1.34. The fourth-order valence-electron chi connectivity index (χ4n) is 2.99. The molecule has 0 aromatic carbocycles. The lowest BCUT2D eigenvalue weighted by Crippen LogP contribution is -2.27. The van der Waals surface area contributed by atoms with Crippen molar-refractivity contribution >= 4 is 27.4 Å². The highest BCUT2D eigenvalue weighted by Gasteiger charge is 2.23. The van der Waals surface area contributed by atoms with Crippen LogP contribution in [0.2, 0.25) is 0 Å². The lowest BCUT2D eigenvalue weighted by atomic mass is 10.1. The van der Waals surface area contributed by atoms with Crippen molar-refractivity contribution in [1.29, 1.82) is 0 Å². The van der Waals surface area contributed by atoms with Gasteiger partial charge < -0.3 is 4.90 Å². The lowest BCUT2D eigenvalue weighted by Gasteiger charge is -2.25. The van der Waals surface area contributed by atoms with Gasteiger partial charge in [-0.05, 0) is 31.2 Å². The van der Waals surface area contributed by atoms with E-state index in [1.807, 2.05) is 11.3 Å². The molecule has 4 rings (SSSR count). The Morgan fingerprint density at radius 1 is 1.17 bits per heavy atom. The van der Waals surface area contributed by atoms with E-state index in [4.69, 9.17) is 0 Å².